The van der Waals surface area contributed by atoms with Crippen molar-refractivity contribution in [3.63, 3.8) is 0 Å². The third kappa shape index (κ3) is 1.96. The first-order valence-electron chi connectivity index (χ1n) is 6.62. The number of aliphatic hydroxyl groups is 3. The maximum atomic E-state index is 14.6. The summed E-state index contributed by atoms with van der Waals surface area (Å²) >= 11 is 0. The van der Waals surface area contributed by atoms with Crippen molar-refractivity contribution < 1.29 is 24.4 Å². The summed E-state index contributed by atoms with van der Waals surface area (Å²) in [5.41, 5.74) is 4.22. The normalized spacial score (nSPS) is 35.3. The van der Waals surface area contributed by atoms with Crippen molar-refractivity contribution in [1.82, 2.24) is 19.5 Å². The van der Waals surface area contributed by atoms with Crippen LogP contribution >= 0.6 is 0 Å². The van der Waals surface area contributed by atoms with Crippen LogP contribution in [0.4, 0.5) is 10.2 Å². The van der Waals surface area contributed by atoms with Crippen molar-refractivity contribution in [3.8, 4) is 0 Å². The Morgan fingerprint density at radius 2 is 2.18 bits per heavy atom. The Morgan fingerprint density at radius 1 is 1.45 bits per heavy atom. The molecule has 3 rings (SSSR count). The van der Waals surface area contributed by atoms with E-state index < -0.39 is 36.8 Å². The minimum atomic E-state index is -2.59. The zero-order valence-electron chi connectivity index (χ0n) is 11.7. The highest BCUT2D eigenvalue weighted by Gasteiger charge is 2.62. The van der Waals surface area contributed by atoms with E-state index in [-0.39, 0.29) is 17.0 Å². The maximum Gasteiger partial charge on any atom is 0.242 e. The number of halogens is 1. The number of hydrogen-bond donors (Lipinski definition) is 4. The molecule has 2 aromatic heterocycles. The number of fused-ring (bicyclic) bond motifs is 1. The Kier molecular flexibility index (Phi) is 3.29. The van der Waals surface area contributed by atoms with Crippen LogP contribution in [0.1, 0.15) is 19.6 Å². The Bertz CT molecular complexity index is 708. The molecule has 22 heavy (non-hydrogen) atoms. The van der Waals surface area contributed by atoms with Gasteiger partial charge in [-0.1, -0.05) is 0 Å². The van der Waals surface area contributed by atoms with Gasteiger partial charge >= 0.3 is 0 Å². The molecule has 0 aliphatic carbocycles. The summed E-state index contributed by atoms with van der Waals surface area (Å²) in [5.74, 6) is -2.46. The third-order valence-corrected chi connectivity index (χ3v) is 3.86. The largest absolute Gasteiger partial charge is 0.396 e. The average molecular weight is 313 g/mol. The van der Waals surface area contributed by atoms with Crippen LogP contribution in [0.2, 0.25) is 0 Å². The number of aliphatic hydroxyl groups excluding tert-OH is 2. The summed E-state index contributed by atoms with van der Waals surface area (Å²) in [4.78, 5) is 11.8. The second-order valence-corrected chi connectivity index (χ2v) is 5.44. The van der Waals surface area contributed by atoms with Crippen LogP contribution in [0, 0.1) is 0 Å². The number of ether oxygens (including phenoxy) is 1. The fourth-order valence-electron chi connectivity index (χ4n) is 2.67. The first kappa shape index (κ1) is 15.0. The van der Waals surface area contributed by atoms with E-state index in [1.54, 1.807) is 0 Å². The van der Waals surface area contributed by atoms with Crippen LogP contribution in [0.25, 0.3) is 11.2 Å². The second-order valence-electron chi connectivity index (χ2n) is 5.44. The van der Waals surface area contributed by atoms with Gasteiger partial charge in [-0.05, 0) is 6.92 Å². The van der Waals surface area contributed by atoms with Gasteiger partial charge in [0.05, 0.1) is 6.33 Å². The van der Waals surface area contributed by atoms with Gasteiger partial charge in [-0.25, -0.2) is 19.3 Å². The zero-order chi connectivity index (χ0) is 16.1. The number of nitrogens with two attached hydrogens (primary N) is 1. The Morgan fingerprint density at radius 3 is 2.86 bits per heavy atom. The molecule has 120 valence electrons. The number of anilines is 1. The molecular weight excluding hydrogens is 297 g/mol. The number of imidazole rings is 1. The van der Waals surface area contributed by atoms with Gasteiger partial charge in [-0.15, -0.1) is 0 Å². The van der Waals surface area contributed by atoms with Crippen LogP contribution < -0.4 is 5.73 Å². The number of alkyl halides is 1. The molecule has 3 heterocycles. The van der Waals surface area contributed by atoms with Gasteiger partial charge in [0.1, 0.15) is 23.5 Å². The van der Waals surface area contributed by atoms with Crippen molar-refractivity contribution in [1.29, 1.82) is 0 Å². The van der Waals surface area contributed by atoms with Crippen LogP contribution in [0.3, 0.4) is 0 Å². The lowest BCUT2D eigenvalue weighted by atomic mass is 9.94. The van der Waals surface area contributed by atoms with Crippen molar-refractivity contribution in [2.75, 3.05) is 12.3 Å². The monoisotopic (exact) mass is 313 g/mol. The van der Waals surface area contributed by atoms with Gasteiger partial charge in [0, 0.05) is 13.0 Å². The molecule has 9 nitrogen and oxygen atoms in total. The molecule has 1 fully saturated rings. The maximum absolute atomic E-state index is 14.6. The standard InChI is InChI=1S/C12H16FN5O4/c1-11(21)9(20)12(13,2-3-19)22-10(11)18-5-17-6-7(14)15-4-16-8(6)18/h4-5,9-10,19-21H,2-3H2,1H3,(H2,14,15,16)/t9-,10?,11+,12+/m0/s1. The molecule has 0 spiro atoms. The zero-order valence-corrected chi connectivity index (χ0v) is 11.7. The Labute approximate surface area is 124 Å². The molecule has 5 N–H and O–H groups in total. The van der Waals surface area contributed by atoms with Gasteiger partial charge in [-0.2, -0.15) is 0 Å². The predicted molar refractivity (Wildman–Crippen MR) is 72.0 cm³/mol. The van der Waals surface area contributed by atoms with Crippen LogP contribution in [-0.4, -0.2) is 59.0 Å². The lowest BCUT2D eigenvalue weighted by molar-refractivity contribution is -0.194. The van der Waals surface area contributed by atoms with Crippen LogP contribution in [-0.2, 0) is 4.74 Å². The minimum Gasteiger partial charge on any atom is -0.396 e. The summed E-state index contributed by atoms with van der Waals surface area (Å²) in [6.07, 6.45) is -1.16. The molecule has 1 unspecified atom stereocenters. The van der Waals surface area contributed by atoms with Gasteiger partial charge in [-0.3, -0.25) is 4.57 Å². The molecule has 10 heteroatoms. The molecule has 0 radical (unpaired) electrons. The van der Waals surface area contributed by atoms with E-state index in [0.29, 0.717) is 0 Å². The molecule has 1 aliphatic rings. The van der Waals surface area contributed by atoms with Gasteiger partial charge < -0.3 is 25.8 Å². The van der Waals surface area contributed by atoms with Crippen molar-refractivity contribution in [3.05, 3.63) is 12.7 Å². The number of aromatic nitrogens is 4. The van der Waals surface area contributed by atoms with E-state index >= 15 is 0 Å². The van der Waals surface area contributed by atoms with Crippen molar-refractivity contribution in [2.45, 2.75) is 37.1 Å². The summed E-state index contributed by atoms with van der Waals surface area (Å²) in [5, 5.41) is 29.5. The molecule has 0 aromatic carbocycles. The van der Waals surface area contributed by atoms with Crippen molar-refractivity contribution in [2.24, 2.45) is 0 Å². The molecule has 0 bridgehead atoms. The van der Waals surface area contributed by atoms with E-state index in [2.05, 4.69) is 15.0 Å². The lowest BCUT2D eigenvalue weighted by Crippen LogP contribution is -2.47. The minimum absolute atomic E-state index is 0.129. The lowest BCUT2D eigenvalue weighted by Gasteiger charge is -2.27. The molecule has 0 amide bonds. The second kappa shape index (κ2) is 4.81. The first-order valence-corrected chi connectivity index (χ1v) is 6.62. The highest BCUT2D eigenvalue weighted by atomic mass is 19.2. The average Bonchev–Trinajstić information content (AvgIpc) is 2.95. The van der Waals surface area contributed by atoms with Crippen molar-refractivity contribution >= 4 is 17.0 Å². The number of nitrogen functional groups attached to an aromatic ring is 1. The van der Waals surface area contributed by atoms with E-state index in [1.807, 2.05) is 0 Å². The number of nitrogens with zero attached hydrogens (tertiary/aromatic N) is 4. The van der Waals surface area contributed by atoms with E-state index in [1.165, 1.54) is 24.1 Å². The Hall–Kier alpha value is -1.88. The van der Waals surface area contributed by atoms with E-state index in [4.69, 9.17) is 15.6 Å². The summed E-state index contributed by atoms with van der Waals surface area (Å²) in [6, 6.07) is 0. The Balaban J connectivity index is 2.09. The molecule has 1 saturated heterocycles. The SMILES string of the molecule is C[C@]1(O)C(n2cnc3c(N)ncnc32)O[C@](F)(CCO)[C@H]1O. The highest BCUT2D eigenvalue weighted by Crippen LogP contribution is 2.47. The van der Waals surface area contributed by atoms with Gasteiger partial charge in [0.15, 0.2) is 17.7 Å². The highest BCUT2D eigenvalue weighted by molar-refractivity contribution is 5.81. The summed E-state index contributed by atoms with van der Waals surface area (Å²) < 4.78 is 21.1. The number of hydrogen-bond acceptors (Lipinski definition) is 8. The van der Waals surface area contributed by atoms with Gasteiger partial charge in [0.2, 0.25) is 5.85 Å². The van der Waals surface area contributed by atoms with E-state index in [0.717, 1.165) is 0 Å². The van der Waals surface area contributed by atoms with Crippen LogP contribution in [0.15, 0.2) is 12.7 Å². The quantitative estimate of drug-likeness (QED) is 0.571. The molecule has 2 aromatic rings. The predicted octanol–water partition coefficient (Wildman–Crippen LogP) is -0.903. The van der Waals surface area contributed by atoms with Crippen LogP contribution in [0.5, 0.6) is 0 Å². The fraction of sp³-hybridized carbons (Fsp3) is 0.583. The number of rotatable bonds is 3. The van der Waals surface area contributed by atoms with E-state index in [9.17, 15) is 14.6 Å². The molecule has 0 saturated carbocycles. The summed E-state index contributed by atoms with van der Waals surface area (Å²) in [7, 11) is 0. The topological polar surface area (TPSA) is 140 Å². The first-order chi connectivity index (χ1) is 10.3. The molecule has 4 atom stereocenters. The smallest absolute Gasteiger partial charge is 0.242 e. The molecular formula is C12H16FN5O4. The third-order valence-electron chi connectivity index (χ3n) is 3.86. The molecule has 1 aliphatic heterocycles. The van der Waals surface area contributed by atoms with Gasteiger partial charge in [0.25, 0.3) is 0 Å². The fourth-order valence-corrected chi connectivity index (χ4v) is 2.67. The summed E-state index contributed by atoms with van der Waals surface area (Å²) in [6.45, 7) is 0.688.